The van der Waals surface area contributed by atoms with Gasteiger partial charge in [0.2, 0.25) is 0 Å². The second-order valence-electron chi connectivity index (χ2n) is 10.1. The number of allylic oxidation sites excluding steroid dienone is 3. The number of hydrogen-bond acceptors (Lipinski definition) is 3. The second kappa shape index (κ2) is 8.31. The van der Waals surface area contributed by atoms with Crippen molar-refractivity contribution in [1.29, 1.82) is 0 Å². The van der Waals surface area contributed by atoms with Gasteiger partial charge in [-0.1, -0.05) is 44.1 Å². The van der Waals surface area contributed by atoms with E-state index in [4.69, 9.17) is 5.11 Å². The third kappa shape index (κ3) is 4.54. The first-order chi connectivity index (χ1) is 13.1. The molecule has 0 bridgehead atoms. The number of hydrogen-bond donors (Lipinski definition) is 3. The Morgan fingerprint density at radius 1 is 1.18 bits per heavy atom. The lowest BCUT2D eigenvalue weighted by Crippen LogP contribution is -2.36. The molecule has 3 saturated carbocycles. The van der Waals surface area contributed by atoms with E-state index in [0.717, 1.165) is 24.8 Å². The van der Waals surface area contributed by atoms with E-state index >= 15 is 0 Å². The molecule has 28 heavy (non-hydrogen) atoms. The predicted octanol–water partition coefficient (Wildman–Crippen LogP) is 5.06. The van der Waals surface area contributed by atoms with Gasteiger partial charge in [-0.15, -0.1) is 0 Å². The first-order valence-electron chi connectivity index (χ1n) is 11.2. The summed E-state index contributed by atoms with van der Waals surface area (Å²) in [5, 5.41) is 29.1. The summed E-state index contributed by atoms with van der Waals surface area (Å²) in [4.78, 5) is 11.0. The lowest BCUT2D eigenvalue weighted by molar-refractivity contribution is -0.174. The quantitative estimate of drug-likeness (QED) is 0.574. The molecule has 0 aromatic heterocycles. The van der Waals surface area contributed by atoms with E-state index in [1.54, 1.807) is 0 Å². The van der Waals surface area contributed by atoms with E-state index in [-0.39, 0.29) is 11.8 Å². The normalized spacial score (nSPS) is 39.1. The molecule has 4 nitrogen and oxygen atoms in total. The van der Waals surface area contributed by atoms with Gasteiger partial charge in [-0.25, -0.2) is 0 Å². The highest BCUT2D eigenvalue weighted by Crippen LogP contribution is 2.59. The van der Waals surface area contributed by atoms with Crippen LogP contribution in [0, 0.1) is 29.1 Å². The Labute approximate surface area is 169 Å². The van der Waals surface area contributed by atoms with Crippen molar-refractivity contribution in [2.75, 3.05) is 0 Å². The van der Waals surface area contributed by atoms with Crippen LogP contribution in [0.15, 0.2) is 23.3 Å². The first-order valence-corrected chi connectivity index (χ1v) is 11.2. The molecule has 0 amide bonds. The molecule has 0 radical (unpaired) electrons. The van der Waals surface area contributed by atoms with Crippen LogP contribution in [-0.2, 0) is 4.79 Å². The van der Waals surface area contributed by atoms with Gasteiger partial charge in [0, 0.05) is 19.3 Å². The number of rotatable bonds is 5. The van der Waals surface area contributed by atoms with Crippen molar-refractivity contribution in [3.63, 3.8) is 0 Å². The number of aliphatic carboxylic acids is 1. The average Bonchev–Trinajstić information content (AvgIpc) is 2.98. The minimum Gasteiger partial charge on any atom is -0.481 e. The summed E-state index contributed by atoms with van der Waals surface area (Å²) in [6.07, 6.45) is 13.1. The molecular formula is C24H38O4. The molecule has 158 valence electrons. The standard InChI is InChI=1S/C24H38O4/c1-16-12-14-24(27,28)15-19(16)8-7-18-5-4-13-23(3)20(9-10-21(18)23)17(2)6-11-22(25)26/h7-8,16-17,20-21,27-28H,4-6,9-15H2,1-3H3,(H,25,26)/b18-7?,19-8-/t16-,17+,20+,21-,23+/m0/s1. The molecule has 0 spiro atoms. The molecule has 3 aliphatic carbocycles. The molecule has 0 heterocycles. The van der Waals surface area contributed by atoms with Crippen LogP contribution < -0.4 is 0 Å². The summed E-state index contributed by atoms with van der Waals surface area (Å²) < 4.78 is 0. The maximum absolute atomic E-state index is 11.0. The van der Waals surface area contributed by atoms with Crippen molar-refractivity contribution in [1.82, 2.24) is 0 Å². The highest BCUT2D eigenvalue weighted by Gasteiger charge is 2.50. The molecule has 3 aliphatic rings. The van der Waals surface area contributed by atoms with Crippen molar-refractivity contribution >= 4 is 5.97 Å². The van der Waals surface area contributed by atoms with Crippen LogP contribution in [0.4, 0.5) is 0 Å². The fraction of sp³-hybridized carbons (Fsp3) is 0.792. The molecule has 0 unspecified atom stereocenters. The summed E-state index contributed by atoms with van der Waals surface area (Å²) in [6.45, 7) is 6.86. The van der Waals surface area contributed by atoms with Crippen molar-refractivity contribution in [3.05, 3.63) is 23.3 Å². The minimum absolute atomic E-state index is 0.273. The number of carbonyl (C=O) groups is 1. The molecule has 0 saturated heterocycles. The van der Waals surface area contributed by atoms with E-state index in [1.807, 2.05) is 0 Å². The zero-order chi connectivity index (χ0) is 20.5. The summed E-state index contributed by atoms with van der Waals surface area (Å²) >= 11 is 0. The molecule has 3 fully saturated rings. The van der Waals surface area contributed by atoms with E-state index in [0.29, 0.717) is 36.5 Å². The second-order valence-corrected chi connectivity index (χ2v) is 10.1. The monoisotopic (exact) mass is 390 g/mol. The fourth-order valence-corrected chi connectivity index (χ4v) is 6.43. The number of carboxylic acids is 1. The van der Waals surface area contributed by atoms with Gasteiger partial charge in [0.1, 0.15) is 0 Å². The molecule has 3 N–H and O–H groups in total. The lowest BCUT2D eigenvalue weighted by atomic mass is 9.60. The Kier molecular flexibility index (Phi) is 6.41. The zero-order valence-electron chi connectivity index (χ0n) is 17.8. The Balaban J connectivity index is 1.75. The minimum atomic E-state index is -1.55. The van der Waals surface area contributed by atoms with Gasteiger partial charge >= 0.3 is 5.97 Å². The van der Waals surface area contributed by atoms with Crippen LogP contribution in [0.2, 0.25) is 0 Å². The third-order valence-electron chi connectivity index (χ3n) is 8.15. The van der Waals surface area contributed by atoms with Crippen LogP contribution in [0.25, 0.3) is 0 Å². The van der Waals surface area contributed by atoms with Crippen LogP contribution >= 0.6 is 0 Å². The van der Waals surface area contributed by atoms with Gasteiger partial charge < -0.3 is 15.3 Å². The van der Waals surface area contributed by atoms with E-state index in [9.17, 15) is 15.0 Å². The summed E-state index contributed by atoms with van der Waals surface area (Å²) in [5.41, 5.74) is 2.95. The summed E-state index contributed by atoms with van der Waals surface area (Å²) in [7, 11) is 0. The molecule has 4 heteroatoms. The lowest BCUT2D eigenvalue weighted by Gasteiger charge is -2.44. The Hall–Kier alpha value is -1.13. The van der Waals surface area contributed by atoms with Gasteiger partial charge in [0.25, 0.3) is 0 Å². The number of aliphatic hydroxyl groups is 2. The smallest absolute Gasteiger partial charge is 0.303 e. The van der Waals surface area contributed by atoms with Gasteiger partial charge in [-0.2, -0.15) is 0 Å². The average molecular weight is 391 g/mol. The van der Waals surface area contributed by atoms with Crippen LogP contribution in [0.3, 0.4) is 0 Å². The maximum Gasteiger partial charge on any atom is 0.303 e. The predicted molar refractivity (Wildman–Crippen MR) is 111 cm³/mol. The summed E-state index contributed by atoms with van der Waals surface area (Å²) in [5.74, 6) is -0.187. The maximum atomic E-state index is 11.0. The van der Waals surface area contributed by atoms with Gasteiger partial charge in [0.15, 0.2) is 5.79 Å². The van der Waals surface area contributed by atoms with E-state index in [1.165, 1.54) is 31.3 Å². The van der Waals surface area contributed by atoms with Crippen LogP contribution in [0.5, 0.6) is 0 Å². The first kappa shape index (κ1) is 21.6. The number of carboxylic acid groups (broad SMARTS) is 1. The van der Waals surface area contributed by atoms with Gasteiger partial charge in [-0.3, -0.25) is 4.79 Å². The Morgan fingerprint density at radius 3 is 2.61 bits per heavy atom. The van der Waals surface area contributed by atoms with Crippen LogP contribution in [0.1, 0.15) is 85.0 Å². The van der Waals surface area contributed by atoms with Crippen molar-refractivity contribution in [3.8, 4) is 0 Å². The van der Waals surface area contributed by atoms with Crippen LogP contribution in [-0.4, -0.2) is 27.1 Å². The molecule has 5 atom stereocenters. The zero-order valence-corrected chi connectivity index (χ0v) is 17.8. The van der Waals surface area contributed by atoms with Crippen molar-refractivity contribution < 1.29 is 20.1 Å². The highest BCUT2D eigenvalue weighted by atomic mass is 16.5. The van der Waals surface area contributed by atoms with Crippen molar-refractivity contribution in [2.24, 2.45) is 29.1 Å². The molecule has 0 aliphatic heterocycles. The Morgan fingerprint density at radius 2 is 1.89 bits per heavy atom. The molecule has 0 aromatic carbocycles. The molecular weight excluding hydrogens is 352 g/mol. The van der Waals surface area contributed by atoms with E-state index in [2.05, 4.69) is 32.9 Å². The Bertz CT molecular complexity index is 647. The van der Waals surface area contributed by atoms with Gasteiger partial charge in [-0.05, 0) is 74.0 Å². The largest absolute Gasteiger partial charge is 0.481 e. The van der Waals surface area contributed by atoms with E-state index < -0.39 is 11.8 Å². The molecule has 3 rings (SSSR count). The molecule has 0 aromatic rings. The van der Waals surface area contributed by atoms with Crippen molar-refractivity contribution in [2.45, 2.75) is 90.8 Å². The summed E-state index contributed by atoms with van der Waals surface area (Å²) in [6, 6.07) is 0. The SMILES string of the molecule is C[C@H](CCC(=O)O)[C@H]1CC[C@H]2C(=C/C=C3/CC(O)(O)CC[C@@H]3C)CCC[C@]12C. The fourth-order valence-electron chi connectivity index (χ4n) is 6.43. The topological polar surface area (TPSA) is 77.8 Å². The van der Waals surface area contributed by atoms with Gasteiger partial charge in [0.05, 0.1) is 0 Å². The number of fused-ring (bicyclic) bond motifs is 1. The highest BCUT2D eigenvalue weighted by molar-refractivity contribution is 5.66. The third-order valence-corrected chi connectivity index (χ3v) is 8.15.